The Morgan fingerprint density at radius 1 is 1.47 bits per heavy atom. The first-order valence-corrected chi connectivity index (χ1v) is 5.16. The standard InChI is InChI=1S/C11H13NO5/c1-7(13)5-12(15)11(14)8-2-3-9-10(4-8)17-6-16-9/h2-4,7,13,15H,5-6H2,1H3/t7-/m1/s1. The molecule has 0 aliphatic carbocycles. The number of ether oxygens (including phenoxy) is 2. The van der Waals surface area contributed by atoms with E-state index in [1.54, 1.807) is 6.07 Å². The molecule has 1 aromatic carbocycles. The molecule has 0 saturated heterocycles. The van der Waals surface area contributed by atoms with E-state index >= 15 is 0 Å². The van der Waals surface area contributed by atoms with Crippen molar-refractivity contribution in [3.63, 3.8) is 0 Å². The lowest BCUT2D eigenvalue weighted by Crippen LogP contribution is -2.33. The van der Waals surface area contributed by atoms with E-state index in [0.717, 1.165) is 0 Å². The molecule has 1 aromatic rings. The minimum atomic E-state index is -0.794. The van der Waals surface area contributed by atoms with E-state index in [-0.39, 0.29) is 18.9 Å². The van der Waals surface area contributed by atoms with Crippen molar-refractivity contribution in [3.8, 4) is 11.5 Å². The van der Waals surface area contributed by atoms with Gasteiger partial charge in [-0.1, -0.05) is 0 Å². The number of amides is 1. The van der Waals surface area contributed by atoms with Crippen LogP contribution in [-0.2, 0) is 0 Å². The molecule has 2 N–H and O–H groups in total. The van der Waals surface area contributed by atoms with Crippen LogP contribution < -0.4 is 9.47 Å². The number of carbonyl (C=O) groups excluding carboxylic acids is 1. The van der Waals surface area contributed by atoms with Crippen LogP contribution in [0.4, 0.5) is 0 Å². The molecule has 6 nitrogen and oxygen atoms in total. The first-order valence-electron chi connectivity index (χ1n) is 5.16. The minimum absolute atomic E-state index is 0.128. The molecule has 1 heterocycles. The van der Waals surface area contributed by atoms with Gasteiger partial charge in [-0.25, -0.2) is 5.06 Å². The van der Waals surface area contributed by atoms with Crippen LogP contribution in [0.3, 0.4) is 0 Å². The number of benzene rings is 1. The molecule has 0 unspecified atom stereocenters. The summed E-state index contributed by atoms with van der Waals surface area (Å²) in [6, 6.07) is 4.63. The summed E-state index contributed by atoms with van der Waals surface area (Å²) in [6.07, 6.45) is -0.794. The van der Waals surface area contributed by atoms with Gasteiger partial charge in [0.25, 0.3) is 5.91 Å². The smallest absolute Gasteiger partial charge is 0.277 e. The molecule has 1 aliphatic rings. The summed E-state index contributed by atoms with van der Waals surface area (Å²) >= 11 is 0. The molecule has 2 rings (SSSR count). The van der Waals surface area contributed by atoms with Crippen LogP contribution in [0.2, 0.25) is 0 Å². The fourth-order valence-corrected chi connectivity index (χ4v) is 1.51. The highest BCUT2D eigenvalue weighted by atomic mass is 16.7. The summed E-state index contributed by atoms with van der Waals surface area (Å²) in [7, 11) is 0. The van der Waals surface area contributed by atoms with Crippen LogP contribution in [0.25, 0.3) is 0 Å². The molecule has 1 amide bonds. The number of aliphatic hydroxyl groups excluding tert-OH is 1. The Balaban J connectivity index is 2.14. The Hall–Kier alpha value is -1.79. The first-order chi connectivity index (χ1) is 8.08. The van der Waals surface area contributed by atoms with Crippen molar-refractivity contribution in [2.24, 2.45) is 0 Å². The molecule has 0 aromatic heterocycles. The van der Waals surface area contributed by atoms with Crippen molar-refractivity contribution in [3.05, 3.63) is 23.8 Å². The Kier molecular flexibility index (Phi) is 3.16. The van der Waals surface area contributed by atoms with Crippen molar-refractivity contribution in [2.75, 3.05) is 13.3 Å². The molecular formula is C11H13NO5. The zero-order valence-electron chi connectivity index (χ0n) is 9.29. The maximum Gasteiger partial charge on any atom is 0.277 e. The molecule has 0 radical (unpaired) electrons. The second-order valence-electron chi connectivity index (χ2n) is 3.80. The Morgan fingerprint density at radius 2 is 2.18 bits per heavy atom. The molecule has 0 saturated carbocycles. The number of carbonyl (C=O) groups is 1. The third-order valence-corrected chi connectivity index (χ3v) is 2.29. The lowest BCUT2D eigenvalue weighted by atomic mass is 10.2. The molecule has 17 heavy (non-hydrogen) atoms. The number of hydrogen-bond acceptors (Lipinski definition) is 5. The van der Waals surface area contributed by atoms with Gasteiger partial charge in [0.2, 0.25) is 6.79 Å². The van der Waals surface area contributed by atoms with E-state index in [1.165, 1.54) is 19.1 Å². The monoisotopic (exact) mass is 239 g/mol. The van der Waals surface area contributed by atoms with Gasteiger partial charge in [-0.05, 0) is 25.1 Å². The van der Waals surface area contributed by atoms with Gasteiger partial charge < -0.3 is 14.6 Å². The molecule has 6 heteroatoms. The van der Waals surface area contributed by atoms with Crippen molar-refractivity contribution < 1.29 is 24.6 Å². The zero-order chi connectivity index (χ0) is 12.4. The number of hydroxylamine groups is 2. The summed E-state index contributed by atoms with van der Waals surface area (Å²) in [5.74, 6) is 0.451. The highest BCUT2D eigenvalue weighted by Gasteiger charge is 2.20. The average molecular weight is 239 g/mol. The van der Waals surface area contributed by atoms with Crippen LogP contribution in [0, 0.1) is 0 Å². The molecular weight excluding hydrogens is 226 g/mol. The van der Waals surface area contributed by atoms with E-state index in [4.69, 9.17) is 14.6 Å². The molecule has 1 aliphatic heterocycles. The number of hydrogen-bond donors (Lipinski definition) is 2. The number of fused-ring (bicyclic) bond motifs is 1. The maximum absolute atomic E-state index is 11.7. The summed E-state index contributed by atoms with van der Waals surface area (Å²) < 4.78 is 10.2. The van der Waals surface area contributed by atoms with E-state index in [2.05, 4.69) is 0 Å². The Labute approximate surface area is 97.9 Å². The minimum Gasteiger partial charge on any atom is -0.454 e. The average Bonchev–Trinajstić information content (AvgIpc) is 2.73. The van der Waals surface area contributed by atoms with E-state index in [0.29, 0.717) is 16.6 Å². The van der Waals surface area contributed by atoms with Gasteiger partial charge in [0.05, 0.1) is 12.6 Å². The summed E-state index contributed by atoms with van der Waals surface area (Å²) in [5.41, 5.74) is 0.275. The van der Waals surface area contributed by atoms with Crippen molar-refractivity contribution in [2.45, 2.75) is 13.0 Å². The van der Waals surface area contributed by atoms with Crippen molar-refractivity contribution >= 4 is 5.91 Å². The van der Waals surface area contributed by atoms with Gasteiger partial charge in [-0.2, -0.15) is 0 Å². The summed E-state index contributed by atoms with van der Waals surface area (Å²) in [5, 5.41) is 19.0. The largest absolute Gasteiger partial charge is 0.454 e. The van der Waals surface area contributed by atoms with Gasteiger partial charge in [0.15, 0.2) is 11.5 Å². The zero-order valence-corrected chi connectivity index (χ0v) is 9.29. The van der Waals surface area contributed by atoms with E-state index < -0.39 is 12.0 Å². The lowest BCUT2D eigenvalue weighted by molar-refractivity contribution is -0.0769. The fourth-order valence-electron chi connectivity index (χ4n) is 1.51. The highest BCUT2D eigenvalue weighted by Crippen LogP contribution is 2.32. The maximum atomic E-state index is 11.7. The van der Waals surface area contributed by atoms with Crippen LogP contribution in [-0.4, -0.2) is 40.7 Å². The second kappa shape index (κ2) is 4.60. The summed E-state index contributed by atoms with van der Waals surface area (Å²) in [4.78, 5) is 11.7. The normalized spacial score (nSPS) is 14.5. The van der Waals surface area contributed by atoms with Gasteiger partial charge in [-0.3, -0.25) is 10.0 Å². The SMILES string of the molecule is C[C@@H](O)CN(O)C(=O)c1ccc2c(c1)OCO2. The highest BCUT2D eigenvalue weighted by molar-refractivity contribution is 5.94. The summed E-state index contributed by atoms with van der Waals surface area (Å²) in [6.45, 7) is 1.47. The predicted molar refractivity (Wildman–Crippen MR) is 57.1 cm³/mol. The lowest BCUT2D eigenvalue weighted by Gasteiger charge is -2.16. The van der Waals surface area contributed by atoms with Crippen LogP contribution in [0.5, 0.6) is 11.5 Å². The van der Waals surface area contributed by atoms with E-state index in [9.17, 15) is 10.0 Å². The second-order valence-corrected chi connectivity index (χ2v) is 3.80. The van der Waals surface area contributed by atoms with Crippen LogP contribution in [0.1, 0.15) is 17.3 Å². The topological polar surface area (TPSA) is 79.2 Å². The molecule has 0 bridgehead atoms. The molecule has 92 valence electrons. The van der Waals surface area contributed by atoms with E-state index in [1.807, 2.05) is 0 Å². The van der Waals surface area contributed by atoms with Gasteiger partial charge >= 0.3 is 0 Å². The predicted octanol–water partition coefficient (Wildman–Crippen LogP) is 0.628. The number of rotatable bonds is 3. The van der Waals surface area contributed by atoms with Crippen LogP contribution >= 0.6 is 0 Å². The van der Waals surface area contributed by atoms with Crippen molar-refractivity contribution in [1.82, 2.24) is 5.06 Å². The molecule has 1 atom stereocenters. The molecule has 0 fully saturated rings. The third-order valence-electron chi connectivity index (χ3n) is 2.29. The Morgan fingerprint density at radius 3 is 2.88 bits per heavy atom. The van der Waals surface area contributed by atoms with Gasteiger partial charge in [0, 0.05) is 5.56 Å². The fraction of sp³-hybridized carbons (Fsp3) is 0.364. The van der Waals surface area contributed by atoms with Gasteiger partial charge in [0.1, 0.15) is 0 Å². The first kappa shape index (κ1) is 11.7. The molecule has 0 spiro atoms. The van der Waals surface area contributed by atoms with Crippen molar-refractivity contribution in [1.29, 1.82) is 0 Å². The Bertz CT molecular complexity index is 432. The number of nitrogens with zero attached hydrogens (tertiary/aromatic N) is 1. The number of aliphatic hydroxyl groups is 1. The van der Waals surface area contributed by atoms with Crippen LogP contribution in [0.15, 0.2) is 18.2 Å². The quantitative estimate of drug-likeness (QED) is 0.597. The van der Waals surface area contributed by atoms with Gasteiger partial charge in [-0.15, -0.1) is 0 Å². The third kappa shape index (κ3) is 2.48.